The minimum atomic E-state index is -4.46. The molecule has 0 radical (unpaired) electrons. The Labute approximate surface area is 450 Å². The first-order valence-electron chi connectivity index (χ1n) is 22.9. The minimum Gasteiger partial charge on any atom is -0.481 e. The predicted molar refractivity (Wildman–Crippen MR) is 278 cm³/mol. The van der Waals surface area contributed by atoms with Crippen LogP contribution in [-0.4, -0.2) is 161 Å². The van der Waals surface area contributed by atoms with E-state index < -0.39 is 71.0 Å². The number of fused-ring (bicyclic) bond motifs is 1. The first-order chi connectivity index (χ1) is 36.7. The molecule has 7 rings (SSSR count). The van der Waals surface area contributed by atoms with Crippen LogP contribution in [0.2, 0.25) is 5.28 Å². The number of nitrogens with one attached hydrogen (secondary N) is 5. The molecule has 33 heteroatoms. The highest BCUT2D eigenvalue weighted by atomic mass is 35.5. The second-order valence-corrected chi connectivity index (χ2v) is 20.1. The summed E-state index contributed by atoms with van der Waals surface area (Å²) < 4.78 is 66.7. The van der Waals surface area contributed by atoms with Gasteiger partial charge in [0.05, 0.1) is 56.6 Å². The van der Waals surface area contributed by atoms with Gasteiger partial charge in [0.2, 0.25) is 34.9 Å². The van der Waals surface area contributed by atoms with Crippen molar-refractivity contribution in [1.29, 1.82) is 0 Å². The lowest BCUT2D eigenvalue weighted by Gasteiger charge is -2.29. The van der Waals surface area contributed by atoms with Crippen molar-refractivity contribution in [2.75, 3.05) is 86.6 Å². The molecule has 2 aliphatic heterocycles. The molecule has 0 unspecified atom stereocenters. The second-order valence-electron chi connectivity index (χ2n) is 16.5. The van der Waals surface area contributed by atoms with Crippen LogP contribution in [0.25, 0.3) is 0 Å². The SMILES string of the molecule is C#CCN1C(=O)COc2cc(F)c(N3C(=O)C4=C(CCCC4)C3=O)cc21.CCNc1nc(Cl)nc(NC(C)C)n1.COc1cc(OC)nc(NC(=O)NS(=O)(=O)c2ncccc2C(=O)N(C)C)n1.O=C(O)CNCP(=O)(O)O. The van der Waals surface area contributed by atoms with E-state index in [2.05, 4.69) is 57.1 Å². The van der Waals surface area contributed by atoms with Crippen molar-refractivity contribution >= 4 is 94.1 Å². The number of nitrogens with zero attached hydrogens (tertiary/aromatic N) is 9. The van der Waals surface area contributed by atoms with Crippen molar-refractivity contribution in [3.63, 3.8) is 0 Å². The van der Waals surface area contributed by atoms with Crippen LogP contribution in [0.1, 0.15) is 56.8 Å². The van der Waals surface area contributed by atoms with Crippen molar-refractivity contribution in [3.05, 3.63) is 64.3 Å². The maximum absolute atomic E-state index is 14.7. The molecule has 0 saturated heterocycles. The maximum atomic E-state index is 14.7. The van der Waals surface area contributed by atoms with E-state index in [1.807, 2.05) is 20.8 Å². The monoisotopic (exact) mass is 1150 g/mol. The van der Waals surface area contributed by atoms with Gasteiger partial charge in [0.25, 0.3) is 33.7 Å². The van der Waals surface area contributed by atoms with Crippen molar-refractivity contribution in [1.82, 2.24) is 44.8 Å². The standard InChI is InChI=1S/C19H15FN2O4.C15H18N6O6S.C8H14ClN5.C3H8NO5P/c1-2-7-21-15-9-14(13(20)8-16(15)26-10-17(21)23)22-18(24)11-5-3-4-6-12(11)19(22)25;1-21(2)13(22)9-6-5-7-16-12(9)28(24,25)20-15(23)19-14-17-10(26-3)8-11(18-14)27-4;1-4-10-7-12-6(9)13-8(14-7)11-5(2)3;5-3(6)1-4-2-10(7,8)9/h1,8-9H,3-7,10H2;5-8H,1-4H3,(H2,17,18,19,20,23);5H,4H2,1-3H3,(H2,10,11,12,13,14);4H,1-2H2,(H,5,6)(H2,7,8,9). The van der Waals surface area contributed by atoms with Crippen LogP contribution in [0.4, 0.5) is 38.4 Å². The summed E-state index contributed by atoms with van der Waals surface area (Å²) >= 11 is 5.73. The molecule has 5 heterocycles. The molecule has 420 valence electrons. The largest absolute Gasteiger partial charge is 0.481 e. The number of carboxylic acid groups (broad SMARTS) is 1. The van der Waals surface area contributed by atoms with Crippen molar-refractivity contribution in [2.24, 2.45) is 0 Å². The number of carboxylic acids is 1. The zero-order valence-electron chi connectivity index (χ0n) is 42.9. The minimum absolute atomic E-state index is 0.0170. The molecule has 4 aromatic rings. The first-order valence-corrected chi connectivity index (χ1v) is 26.6. The fraction of sp³-hybridized carbons (Fsp3) is 0.378. The Bertz CT molecular complexity index is 3090. The highest BCUT2D eigenvalue weighted by Crippen LogP contribution is 2.42. The van der Waals surface area contributed by atoms with Gasteiger partial charge in [0.1, 0.15) is 5.75 Å². The first kappa shape index (κ1) is 62.4. The summed E-state index contributed by atoms with van der Waals surface area (Å²) in [5.41, 5.74) is 0.805. The zero-order chi connectivity index (χ0) is 58.1. The molecule has 6 amide bonds. The molecular formula is C45H55ClFN14O15PS. The Morgan fingerprint density at radius 1 is 0.962 bits per heavy atom. The van der Waals surface area contributed by atoms with Gasteiger partial charge >= 0.3 is 19.6 Å². The molecule has 0 fully saturated rings. The van der Waals surface area contributed by atoms with Gasteiger partial charge in [0, 0.05) is 50.1 Å². The number of anilines is 5. The Kier molecular flexibility index (Phi) is 22.6. The van der Waals surface area contributed by atoms with E-state index in [1.165, 1.54) is 68.6 Å². The number of urea groups is 1. The van der Waals surface area contributed by atoms with Gasteiger partial charge in [-0.1, -0.05) is 5.92 Å². The lowest BCUT2D eigenvalue weighted by atomic mass is 9.93. The molecular weight excluding hydrogens is 1090 g/mol. The third-order valence-electron chi connectivity index (χ3n) is 10.0. The number of imide groups is 1. The Hall–Kier alpha value is -8.14. The number of aliphatic carboxylic acids is 1. The number of terminal acetylenes is 1. The van der Waals surface area contributed by atoms with Gasteiger partial charge in [-0.05, 0) is 76.3 Å². The Morgan fingerprint density at radius 2 is 1.58 bits per heavy atom. The summed E-state index contributed by atoms with van der Waals surface area (Å²) in [6, 6.07) is 5.54. The number of benzene rings is 1. The number of sulfonamides is 1. The average Bonchev–Trinajstić information content (AvgIpc) is 3.73. The molecule has 0 spiro atoms. The van der Waals surface area contributed by atoms with E-state index in [-0.39, 0.29) is 70.8 Å². The van der Waals surface area contributed by atoms with E-state index in [0.29, 0.717) is 35.9 Å². The molecule has 3 aliphatic rings. The molecule has 1 aromatic carbocycles. The van der Waals surface area contributed by atoms with Crippen LogP contribution in [-0.2, 0) is 33.8 Å². The van der Waals surface area contributed by atoms with Crippen molar-refractivity contribution < 1.29 is 75.2 Å². The molecule has 3 aromatic heterocycles. The third-order valence-corrected chi connectivity index (χ3v) is 12.1. The fourth-order valence-corrected chi connectivity index (χ4v) is 8.40. The summed E-state index contributed by atoms with van der Waals surface area (Å²) in [5, 5.41) is 17.8. The van der Waals surface area contributed by atoms with Crippen LogP contribution in [0.5, 0.6) is 17.5 Å². The molecule has 0 atom stereocenters. The van der Waals surface area contributed by atoms with E-state index in [0.717, 1.165) is 30.4 Å². The highest BCUT2D eigenvalue weighted by Gasteiger charge is 2.42. The fourth-order valence-electron chi connectivity index (χ4n) is 6.80. The van der Waals surface area contributed by atoms with Gasteiger partial charge in [-0.25, -0.2) is 23.8 Å². The van der Waals surface area contributed by atoms with Gasteiger partial charge in [-0.15, -0.1) is 6.42 Å². The van der Waals surface area contributed by atoms with Crippen molar-refractivity contribution in [3.8, 4) is 29.9 Å². The molecule has 0 saturated carbocycles. The lowest BCUT2D eigenvalue weighted by Crippen LogP contribution is -2.39. The van der Waals surface area contributed by atoms with E-state index >= 15 is 0 Å². The van der Waals surface area contributed by atoms with Gasteiger partial charge < -0.3 is 44.6 Å². The normalized spacial score (nSPS) is 13.6. The number of methoxy groups -OCH3 is 2. The third kappa shape index (κ3) is 17.7. The summed E-state index contributed by atoms with van der Waals surface area (Å²) in [6.45, 7) is 6.02. The second kappa shape index (κ2) is 28.3. The maximum Gasteiger partial charge on any atom is 0.339 e. The number of ether oxygens (including phenoxy) is 3. The quantitative estimate of drug-likeness (QED) is 0.0454. The average molecular weight is 1150 g/mol. The van der Waals surface area contributed by atoms with Crippen LogP contribution >= 0.6 is 19.2 Å². The molecule has 8 N–H and O–H groups in total. The zero-order valence-corrected chi connectivity index (χ0v) is 45.3. The number of hydrogen-bond acceptors (Lipinski definition) is 21. The number of pyridine rings is 1. The Morgan fingerprint density at radius 3 is 2.12 bits per heavy atom. The smallest absolute Gasteiger partial charge is 0.339 e. The number of hydrogen-bond donors (Lipinski definition) is 8. The van der Waals surface area contributed by atoms with E-state index in [9.17, 15) is 46.1 Å². The van der Waals surface area contributed by atoms with Crippen LogP contribution < -0.4 is 50.0 Å². The van der Waals surface area contributed by atoms with E-state index in [1.54, 1.807) is 4.72 Å². The predicted octanol–water partition coefficient (Wildman–Crippen LogP) is 2.60. The number of amides is 6. The lowest BCUT2D eigenvalue weighted by molar-refractivity contribution is -0.136. The summed E-state index contributed by atoms with van der Waals surface area (Å²) in [4.78, 5) is 115. The summed E-state index contributed by atoms with van der Waals surface area (Å²) in [6.07, 6.45) is 8.60. The van der Waals surface area contributed by atoms with Gasteiger partial charge in [-0.2, -0.15) is 33.3 Å². The van der Waals surface area contributed by atoms with Crippen LogP contribution in [0, 0.1) is 18.2 Å². The summed E-state index contributed by atoms with van der Waals surface area (Å²) in [7, 11) is -2.94. The molecule has 1 aliphatic carbocycles. The Balaban J connectivity index is 0.000000241. The highest BCUT2D eigenvalue weighted by molar-refractivity contribution is 7.90. The number of carbonyl (C=O) groups excluding carboxylic acids is 5. The number of carbonyl (C=O) groups is 6. The number of rotatable bonds is 16. The molecule has 0 bridgehead atoms. The van der Waals surface area contributed by atoms with Crippen LogP contribution in [0.15, 0.2) is 52.7 Å². The van der Waals surface area contributed by atoms with Crippen LogP contribution in [0.3, 0.4) is 0 Å². The van der Waals surface area contributed by atoms with E-state index in [4.69, 9.17) is 47.1 Å². The van der Waals surface area contributed by atoms with Gasteiger partial charge in [-0.3, -0.25) is 44.1 Å². The topological polar surface area (TPSA) is 389 Å². The van der Waals surface area contributed by atoms with Crippen molar-refractivity contribution in [2.45, 2.75) is 57.5 Å². The molecule has 78 heavy (non-hydrogen) atoms. The number of aromatic nitrogens is 6. The van der Waals surface area contributed by atoms with Gasteiger partial charge in [0.15, 0.2) is 17.5 Å². The molecule has 29 nitrogen and oxygen atoms in total. The summed E-state index contributed by atoms with van der Waals surface area (Å²) in [5.74, 6) is -0.408. The number of halogens is 2.